The molecule has 0 aliphatic heterocycles. The van der Waals surface area contributed by atoms with Crippen LogP contribution in [0, 0.1) is 6.92 Å². The number of carbonyl (C=O) groups excluding carboxylic acids is 1. The highest BCUT2D eigenvalue weighted by Gasteiger charge is 2.08. The zero-order valence-electron chi connectivity index (χ0n) is 8.52. The van der Waals surface area contributed by atoms with E-state index < -0.39 is 0 Å². The number of carbonyl (C=O) groups is 1. The molecule has 0 fully saturated rings. The van der Waals surface area contributed by atoms with E-state index in [1.54, 1.807) is 0 Å². The number of hydrogen-bond acceptors (Lipinski definition) is 4. The second kappa shape index (κ2) is 3.65. The molecule has 1 heterocycles. The Morgan fingerprint density at radius 3 is 2.80 bits per heavy atom. The van der Waals surface area contributed by atoms with Crippen LogP contribution in [0.3, 0.4) is 0 Å². The first-order valence-electron chi connectivity index (χ1n) is 4.53. The van der Waals surface area contributed by atoms with Crippen LogP contribution in [0.4, 0.5) is 0 Å². The van der Waals surface area contributed by atoms with Crippen LogP contribution < -0.4 is 4.74 Å². The number of methoxy groups -OCH3 is 1. The van der Waals surface area contributed by atoms with Crippen molar-refractivity contribution in [2.24, 2.45) is 0 Å². The summed E-state index contributed by atoms with van der Waals surface area (Å²) < 4.78 is 5.11. The normalized spacial score (nSPS) is 10.3. The Hall–Kier alpha value is -1.97. The summed E-state index contributed by atoms with van der Waals surface area (Å²) in [4.78, 5) is 18.8. The molecule has 0 saturated heterocycles. The van der Waals surface area contributed by atoms with Gasteiger partial charge in [0, 0.05) is 0 Å². The van der Waals surface area contributed by atoms with E-state index in [0.717, 1.165) is 16.5 Å². The highest BCUT2D eigenvalue weighted by atomic mass is 16.5. The summed E-state index contributed by atoms with van der Waals surface area (Å²) in [6, 6.07) is 5.71. The van der Waals surface area contributed by atoms with Gasteiger partial charge >= 0.3 is 0 Å². The van der Waals surface area contributed by atoms with Gasteiger partial charge in [0.15, 0.2) is 12.1 Å². The van der Waals surface area contributed by atoms with Crippen molar-refractivity contribution < 1.29 is 9.53 Å². The molecule has 0 amide bonds. The molecule has 76 valence electrons. The lowest BCUT2D eigenvalue weighted by Gasteiger charge is -2.06. The van der Waals surface area contributed by atoms with E-state index in [1.165, 1.54) is 7.11 Å². The number of ether oxygens (including phenoxy) is 1. The quantitative estimate of drug-likeness (QED) is 0.696. The Morgan fingerprint density at radius 1 is 1.33 bits per heavy atom. The number of aldehydes is 1. The lowest BCUT2D eigenvalue weighted by atomic mass is 10.1. The number of rotatable bonds is 2. The highest BCUT2D eigenvalue weighted by Crippen LogP contribution is 2.23. The van der Waals surface area contributed by atoms with E-state index in [0.29, 0.717) is 12.2 Å². The highest BCUT2D eigenvalue weighted by molar-refractivity contribution is 5.88. The largest absolute Gasteiger partial charge is 0.480 e. The summed E-state index contributed by atoms with van der Waals surface area (Å²) in [7, 11) is 1.53. The van der Waals surface area contributed by atoms with Gasteiger partial charge in [0.2, 0.25) is 5.88 Å². The summed E-state index contributed by atoms with van der Waals surface area (Å²) in [5.74, 6) is 0.583. The molecule has 0 saturated carbocycles. The maximum atomic E-state index is 10.6. The van der Waals surface area contributed by atoms with Gasteiger partial charge in [-0.25, -0.2) is 4.98 Å². The molecule has 0 spiro atoms. The third-order valence-corrected chi connectivity index (χ3v) is 2.21. The Labute approximate surface area is 86.9 Å². The first-order chi connectivity index (χ1) is 7.26. The van der Waals surface area contributed by atoms with Gasteiger partial charge in [0.25, 0.3) is 0 Å². The lowest BCUT2D eigenvalue weighted by molar-refractivity contribution is 0.111. The molecule has 0 unspecified atom stereocenters. The summed E-state index contributed by atoms with van der Waals surface area (Å²) in [5.41, 5.74) is 1.75. The standard InChI is InChI=1S/C11H10N2O2/c1-7-4-3-5-8-10(7)12-9(6-14)13-11(8)15-2/h3-6H,1-2H3. The minimum Gasteiger partial charge on any atom is -0.480 e. The van der Waals surface area contributed by atoms with Gasteiger partial charge in [-0.3, -0.25) is 4.79 Å². The number of aryl methyl sites for hydroxylation is 1. The van der Waals surface area contributed by atoms with Gasteiger partial charge < -0.3 is 4.74 Å². The SMILES string of the molecule is COc1nc(C=O)nc2c(C)cccc12. The molecule has 2 aromatic rings. The third kappa shape index (κ3) is 1.54. The van der Waals surface area contributed by atoms with Crippen molar-refractivity contribution in [3.8, 4) is 5.88 Å². The van der Waals surface area contributed by atoms with Gasteiger partial charge in [-0.2, -0.15) is 4.98 Å². The van der Waals surface area contributed by atoms with Gasteiger partial charge in [-0.15, -0.1) is 0 Å². The van der Waals surface area contributed by atoms with Crippen LogP contribution in [-0.4, -0.2) is 23.4 Å². The molecular formula is C11H10N2O2. The molecule has 2 rings (SSSR count). The second-order valence-corrected chi connectivity index (χ2v) is 3.18. The Balaban J connectivity index is 2.86. The first-order valence-corrected chi connectivity index (χ1v) is 4.53. The number of fused-ring (bicyclic) bond motifs is 1. The van der Waals surface area contributed by atoms with Crippen LogP contribution >= 0.6 is 0 Å². The van der Waals surface area contributed by atoms with Crippen molar-refractivity contribution in [1.29, 1.82) is 0 Å². The van der Waals surface area contributed by atoms with Crippen LogP contribution in [-0.2, 0) is 0 Å². The molecule has 4 heteroatoms. The average molecular weight is 202 g/mol. The fraction of sp³-hybridized carbons (Fsp3) is 0.182. The van der Waals surface area contributed by atoms with E-state index in [2.05, 4.69) is 9.97 Å². The van der Waals surface area contributed by atoms with Crippen molar-refractivity contribution in [2.45, 2.75) is 6.92 Å². The fourth-order valence-corrected chi connectivity index (χ4v) is 1.49. The van der Waals surface area contributed by atoms with Gasteiger partial charge in [0.1, 0.15) is 0 Å². The molecule has 0 atom stereocenters. The maximum absolute atomic E-state index is 10.6. The van der Waals surface area contributed by atoms with Gasteiger partial charge in [0.05, 0.1) is 18.0 Å². The predicted molar refractivity (Wildman–Crippen MR) is 56.2 cm³/mol. The maximum Gasteiger partial charge on any atom is 0.224 e. The van der Waals surface area contributed by atoms with Crippen LogP contribution in [0.5, 0.6) is 5.88 Å². The van der Waals surface area contributed by atoms with E-state index in [9.17, 15) is 4.79 Å². The van der Waals surface area contributed by atoms with E-state index in [-0.39, 0.29) is 5.82 Å². The molecular weight excluding hydrogens is 192 g/mol. The molecule has 0 radical (unpaired) electrons. The van der Waals surface area contributed by atoms with Crippen LogP contribution in [0.25, 0.3) is 10.9 Å². The summed E-state index contributed by atoms with van der Waals surface area (Å²) >= 11 is 0. The Kier molecular flexibility index (Phi) is 2.33. The van der Waals surface area contributed by atoms with Crippen LogP contribution in [0.15, 0.2) is 18.2 Å². The molecule has 1 aromatic carbocycles. The minimum atomic E-state index is 0.147. The zero-order valence-corrected chi connectivity index (χ0v) is 8.52. The zero-order chi connectivity index (χ0) is 10.8. The lowest BCUT2D eigenvalue weighted by Crippen LogP contribution is -1.99. The number of nitrogens with zero attached hydrogens (tertiary/aromatic N) is 2. The molecule has 0 bridgehead atoms. The topological polar surface area (TPSA) is 52.1 Å². The Bertz CT molecular complexity index is 523. The monoisotopic (exact) mass is 202 g/mol. The predicted octanol–water partition coefficient (Wildman–Crippen LogP) is 1.76. The van der Waals surface area contributed by atoms with Crippen molar-refractivity contribution in [3.05, 3.63) is 29.6 Å². The number of para-hydroxylation sites is 1. The molecule has 1 aromatic heterocycles. The smallest absolute Gasteiger partial charge is 0.224 e. The summed E-state index contributed by atoms with van der Waals surface area (Å²) in [6.07, 6.45) is 0.619. The number of benzene rings is 1. The molecule has 0 aliphatic carbocycles. The van der Waals surface area contributed by atoms with E-state index in [4.69, 9.17) is 4.74 Å². The van der Waals surface area contributed by atoms with Crippen molar-refractivity contribution in [2.75, 3.05) is 7.11 Å². The van der Waals surface area contributed by atoms with Crippen molar-refractivity contribution >= 4 is 17.2 Å². The Morgan fingerprint density at radius 2 is 2.13 bits per heavy atom. The first kappa shape index (κ1) is 9.58. The van der Waals surface area contributed by atoms with Crippen molar-refractivity contribution in [3.63, 3.8) is 0 Å². The van der Waals surface area contributed by atoms with Gasteiger partial charge in [-0.1, -0.05) is 12.1 Å². The number of aromatic nitrogens is 2. The fourth-order valence-electron chi connectivity index (χ4n) is 1.49. The average Bonchev–Trinajstić information content (AvgIpc) is 2.28. The summed E-state index contributed by atoms with van der Waals surface area (Å²) in [5, 5.41) is 0.822. The van der Waals surface area contributed by atoms with E-state index >= 15 is 0 Å². The molecule has 0 aliphatic rings. The minimum absolute atomic E-state index is 0.147. The van der Waals surface area contributed by atoms with Crippen molar-refractivity contribution in [1.82, 2.24) is 9.97 Å². The van der Waals surface area contributed by atoms with Crippen LogP contribution in [0.1, 0.15) is 16.2 Å². The third-order valence-electron chi connectivity index (χ3n) is 2.21. The summed E-state index contributed by atoms with van der Waals surface area (Å²) in [6.45, 7) is 1.93. The second-order valence-electron chi connectivity index (χ2n) is 3.18. The van der Waals surface area contributed by atoms with Crippen LogP contribution in [0.2, 0.25) is 0 Å². The number of hydrogen-bond donors (Lipinski definition) is 0. The molecule has 15 heavy (non-hydrogen) atoms. The molecule has 4 nitrogen and oxygen atoms in total. The van der Waals surface area contributed by atoms with E-state index in [1.807, 2.05) is 25.1 Å². The molecule has 0 N–H and O–H groups in total. The van der Waals surface area contributed by atoms with Gasteiger partial charge in [-0.05, 0) is 18.6 Å².